The minimum absolute atomic E-state index is 0.0217. The highest BCUT2D eigenvalue weighted by Crippen LogP contribution is 2.55. The number of rotatable bonds is 16. The van der Waals surface area contributed by atoms with Gasteiger partial charge in [-0.1, -0.05) is 97.6 Å². The molecule has 0 bridgehead atoms. The largest absolute Gasteiger partial charge is 0.489 e. The van der Waals surface area contributed by atoms with E-state index in [-0.39, 0.29) is 49.4 Å². The zero-order valence-electron chi connectivity index (χ0n) is 40.1. The van der Waals surface area contributed by atoms with Gasteiger partial charge in [-0.05, 0) is 53.3 Å². The lowest BCUT2D eigenvalue weighted by Crippen LogP contribution is -2.74. The number of carbonyl (C=O) groups excluding carboxylic acids is 4. The Labute approximate surface area is 404 Å². The van der Waals surface area contributed by atoms with E-state index >= 15 is 0 Å². The Morgan fingerprint density at radius 2 is 1.64 bits per heavy atom. The zero-order chi connectivity index (χ0) is 49.0. The van der Waals surface area contributed by atoms with Gasteiger partial charge in [0.15, 0.2) is 0 Å². The number of carbonyl (C=O) groups is 4. The first-order valence-corrected chi connectivity index (χ1v) is 23.8. The first kappa shape index (κ1) is 51.4. The Hall–Kier alpha value is -4.98. The van der Waals surface area contributed by atoms with Crippen LogP contribution in [-0.4, -0.2) is 126 Å². The van der Waals surface area contributed by atoms with Crippen molar-refractivity contribution in [2.45, 2.75) is 112 Å². The van der Waals surface area contributed by atoms with Crippen LogP contribution in [0.25, 0.3) is 0 Å². The van der Waals surface area contributed by atoms with Crippen LogP contribution in [0.15, 0.2) is 60.8 Å². The van der Waals surface area contributed by atoms with Gasteiger partial charge in [0, 0.05) is 86.4 Å². The van der Waals surface area contributed by atoms with Crippen molar-refractivity contribution in [1.29, 1.82) is 5.26 Å². The molecule has 1 aromatic heterocycles. The first-order chi connectivity index (χ1) is 31.5. The SMILES string of the molecule is CC(C)C(OCCN1CCN(c2ccc(C(=O)NC3C(C)(C)C(Oc4ccc(C#N)c(Cl)c4)C3(C)C)cn2)CC1)C(=O)NC(C(=O)N1C[C@H](O)C[C@H]1C(=O)NCc1ccc(Cl)cc1)C(C)(C)C. The maximum absolute atomic E-state index is 14.2. The number of aliphatic hydroxyl groups is 1. The van der Waals surface area contributed by atoms with Crippen LogP contribution in [-0.2, 0) is 25.7 Å². The summed E-state index contributed by atoms with van der Waals surface area (Å²) in [5, 5.41) is 29.8. The fourth-order valence-corrected chi connectivity index (χ4v) is 10.2. The Morgan fingerprint density at radius 3 is 2.22 bits per heavy atom. The van der Waals surface area contributed by atoms with Crippen molar-refractivity contribution < 1.29 is 33.8 Å². The number of nitrogens with zero attached hydrogens (tertiary/aromatic N) is 5. The van der Waals surface area contributed by atoms with Crippen LogP contribution in [0.1, 0.15) is 90.2 Å². The third-order valence-corrected chi connectivity index (χ3v) is 13.9. The lowest BCUT2D eigenvalue weighted by Gasteiger charge is -2.63. The second-order valence-corrected chi connectivity index (χ2v) is 21.5. The van der Waals surface area contributed by atoms with Gasteiger partial charge >= 0.3 is 0 Å². The zero-order valence-corrected chi connectivity index (χ0v) is 41.6. The molecule has 17 heteroatoms. The summed E-state index contributed by atoms with van der Waals surface area (Å²) in [5.74, 6) is -0.293. The summed E-state index contributed by atoms with van der Waals surface area (Å²) in [6.07, 6.45) is -0.228. The van der Waals surface area contributed by atoms with E-state index in [1.54, 1.807) is 54.7 Å². The van der Waals surface area contributed by atoms with E-state index in [0.29, 0.717) is 53.2 Å². The van der Waals surface area contributed by atoms with Gasteiger partial charge in [0.2, 0.25) is 17.7 Å². The fourth-order valence-electron chi connectivity index (χ4n) is 9.85. The molecule has 6 rings (SSSR count). The minimum Gasteiger partial charge on any atom is -0.489 e. The van der Waals surface area contributed by atoms with Gasteiger partial charge in [-0.15, -0.1) is 0 Å². The molecule has 1 saturated carbocycles. The van der Waals surface area contributed by atoms with Gasteiger partial charge in [0.25, 0.3) is 5.91 Å². The number of piperazine rings is 1. The average Bonchev–Trinajstić information content (AvgIpc) is 3.68. The Kier molecular flexibility index (Phi) is 16.2. The number of halogens is 2. The summed E-state index contributed by atoms with van der Waals surface area (Å²) in [6.45, 7) is 21.6. The molecule has 4 amide bonds. The second-order valence-electron chi connectivity index (χ2n) is 20.6. The van der Waals surface area contributed by atoms with Gasteiger partial charge in [0.05, 0.1) is 28.9 Å². The van der Waals surface area contributed by atoms with Gasteiger partial charge in [-0.25, -0.2) is 4.98 Å². The molecule has 3 fully saturated rings. The number of benzene rings is 2. The Morgan fingerprint density at radius 1 is 0.970 bits per heavy atom. The van der Waals surface area contributed by atoms with E-state index in [2.05, 4.69) is 64.5 Å². The number of β-amino-alcohol motifs (C(OH)–C–C–N with tert-alkyl or cyclic N) is 1. The molecule has 15 nitrogen and oxygen atoms in total. The molecule has 2 unspecified atom stereocenters. The van der Waals surface area contributed by atoms with Crippen LogP contribution in [0.4, 0.5) is 5.82 Å². The molecule has 3 heterocycles. The van der Waals surface area contributed by atoms with Gasteiger partial charge in [-0.3, -0.25) is 24.1 Å². The van der Waals surface area contributed by atoms with Crippen molar-refractivity contribution in [3.63, 3.8) is 0 Å². The van der Waals surface area contributed by atoms with E-state index in [1.165, 1.54) is 4.90 Å². The van der Waals surface area contributed by atoms with Gasteiger partial charge in [0.1, 0.15) is 41.9 Å². The van der Waals surface area contributed by atoms with E-state index in [9.17, 15) is 29.5 Å². The molecule has 2 saturated heterocycles. The van der Waals surface area contributed by atoms with Crippen LogP contribution in [0.5, 0.6) is 5.75 Å². The molecule has 0 radical (unpaired) electrons. The smallest absolute Gasteiger partial charge is 0.253 e. The first-order valence-electron chi connectivity index (χ1n) is 23.0. The predicted octanol–water partition coefficient (Wildman–Crippen LogP) is 5.84. The number of likely N-dealkylation sites (tertiary alicyclic amines) is 1. The number of hydrogen-bond donors (Lipinski definition) is 4. The summed E-state index contributed by atoms with van der Waals surface area (Å²) in [6, 6.07) is 15.8. The summed E-state index contributed by atoms with van der Waals surface area (Å²) >= 11 is 12.3. The van der Waals surface area contributed by atoms with Crippen molar-refractivity contribution in [1.82, 2.24) is 30.7 Å². The van der Waals surface area contributed by atoms with E-state index in [4.69, 9.17) is 32.7 Å². The molecule has 4 N–H and O–H groups in total. The highest BCUT2D eigenvalue weighted by Gasteiger charge is 2.64. The molecular formula is C50H66Cl2N8O7. The number of aliphatic hydroxyl groups excluding tert-OH is 1. The van der Waals surface area contributed by atoms with E-state index < -0.39 is 52.4 Å². The molecule has 362 valence electrons. The van der Waals surface area contributed by atoms with E-state index in [0.717, 1.165) is 24.5 Å². The van der Waals surface area contributed by atoms with Gasteiger partial charge in [-0.2, -0.15) is 5.26 Å². The number of pyridine rings is 1. The molecule has 3 aromatic rings. The number of nitrogens with one attached hydrogen (secondary N) is 3. The summed E-state index contributed by atoms with van der Waals surface area (Å²) in [5.41, 5.74) is 0.163. The second kappa shape index (κ2) is 21.1. The number of aromatic nitrogens is 1. The monoisotopic (exact) mass is 960 g/mol. The summed E-state index contributed by atoms with van der Waals surface area (Å²) in [7, 11) is 0. The van der Waals surface area contributed by atoms with Gasteiger partial charge < -0.3 is 40.3 Å². The topological polar surface area (TPSA) is 189 Å². The standard InChI is InChI=1S/C50H66Cl2N8O7/c1-30(2)40(44(64)56-41(48(3,4)5)45(65)60-29-35(61)24-38(60)43(63)55-27-31-10-14-34(51)15-11-31)66-23-22-58-18-20-59(21-19-58)39-17-13-33(28-54-39)42(62)57-46-49(6,7)47(50(46,8)9)67-36-16-12-32(26-53)37(52)25-36/h10-17,25,28,30,35,38,40-41,46-47,61H,18-24,27,29H2,1-9H3,(H,55,63)(H,56,64)(H,57,62)/t35-,38+,40?,41?,46?,47?/m1/s1. The van der Waals surface area contributed by atoms with Crippen LogP contribution >= 0.6 is 23.2 Å². The molecule has 2 aliphatic heterocycles. The molecule has 4 atom stereocenters. The average molecular weight is 962 g/mol. The fraction of sp³-hybridized carbons (Fsp3) is 0.560. The summed E-state index contributed by atoms with van der Waals surface area (Å²) in [4.78, 5) is 65.4. The number of anilines is 1. The Bertz CT molecular complexity index is 2270. The number of nitriles is 1. The molecular weight excluding hydrogens is 896 g/mol. The lowest BCUT2D eigenvalue weighted by molar-refractivity contribution is -0.164. The normalized spacial score (nSPS) is 22.3. The van der Waals surface area contributed by atoms with Crippen molar-refractivity contribution in [3.8, 4) is 11.8 Å². The predicted molar refractivity (Wildman–Crippen MR) is 258 cm³/mol. The molecule has 1 aliphatic carbocycles. The van der Waals surface area contributed by atoms with Crippen LogP contribution < -0.4 is 25.6 Å². The van der Waals surface area contributed by atoms with Crippen molar-refractivity contribution >= 4 is 52.6 Å². The maximum Gasteiger partial charge on any atom is 0.253 e. The van der Waals surface area contributed by atoms with Crippen molar-refractivity contribution in [3.05, 3.63) is 87.5 Å². The highest BCUT2D eigenvalue weighted by molar-refractivity contribution is 6.31. The highest BCUT2D eigenvalue weighted by atomic mass is 35.5. The molecule has 2 aromatic carbocycles. The number of hydrogen-bond acceptors (Lipinski definition) is 11. The van der Waals surface area contributed by atoms with Crippen molar-refractivity contribution in [2.75, 3.05) is 50.8 Å². The van der Waals surface area contributed by atoms with Crippen LogP contribution in [0.3, 0.4) is 0 Å². The van der Waals surface area contributed by atoms with E-state index in [1.807, 2.05) is 40.7 Å². The molecule has 0 spiro atoms. The Balaban J connectivity index is 0.964. The van der Waals surface area contributed by atoms with Crippen LogP contribution in [0, 0.1) is 33.5 Å². The third-order valence-electron chi connectivity index (χ3n) is 13.3. The van der Waals surface area contributed by atoms with Crippen molar-refractivity contribution in [2.24, 2.45) is 22.2 Å². The quantitative estimate of drug-likeness (QED) is 0.135. The third kappa shape index (κ3) is 12.0. The van der Waals surface area contributed by atoms with Crippen LogP contribution in [0.2, 0.25) is 10.0 Å². The maximum atomic E-state index is 14.2. The summed E-state index contributed by atoms with van der Waals surface area (Å²) < 4.78 is 12.6. The molecule has 67 heavy (non-hydrogen) atoms. The molecule has 3 aliphatic rings. The minimum atomic E-state index is -0.982. The number of ether oxygens (including phenoxy) is 2. The number of amides is 4. The lowest BCUT2D eigenvalue weighted by atomic mass is 9.49.